The van der Waals surface area contributed by atoms with Crippen molar-refractivity contribution in [2.75, 3.05) is 13.2 Å². The molecule has 2 rings (SSSR count). The molecule has 6 atom stereocenters. The van der Waals surface area contributed by atoms with E-state index in [-0.39, 0.29) is 30.0 Å². The van der Waals surface area contributed by atoms with Crippen LogP contribution in [0.1, 0.15) is 20.3 Å². The summed E-state index contributed by atoms with van der Waals surface area (Å²) in [6.45, 7) is 14.2. The fourth-order valence-corrected chi connectivity index (χ4v) is 4.07. The molecule has 6 heteroatoms. The Labute approximate surface area is 147 Å². The Balaban J connectivity index is 2.41. The lowest BCUT2D eigenvalue weighted by atomic mass is 9.58. The van der Waals surface area contributed by atoms with E-state index in [1.807, 2.05) is 6.92 Å². The third-order valence-corrected chi connectivity index (χ3v) is 5.54. The predicted molar refractivity (Wildman–Crippen MR) is 91.3 cm³/mol. The Morgan fingerprint density at radius 3 is 2.56 bits per heavy atom. The number of allylic oxidation sites excluding steroid dienone is 1. The highest BCUT2D eigenvalue weighted by molar-refractivity contribution is 5.88. The second-order valence-corrected chi connectivity index (χ2v) is 7.18. The number of ether oxygens (including phenoxy) is 2. The summed E-state index contributed by atoms with van der Waals surface area (Å²) in [6.07, 6.45) is 0.993. The molecule has 2 aliphatic rings. The SMILES string of the molecule is C=C[C@]1(C)C[C@H](OC(=O)C(=C)CO)[C@@H]2[C@H](OC(=O)[C@H]2C)[C@H]1C(=C)CO. The fraction of sp³-hybridized carbons (Fsp3) is 0.579. The van der Waals surface area contributed by atoms with Crippen LogP contribution in [0.3, 0.4) is 0 Å². The molecule has 0 aromatic heterocycles. The van der Waals surface area contributed by atoms with Gasteiger partial charge in [0.2, 0.25) is 0 Å². The Morgan fingerprint density at radius 2 is 2.04 bits per heavy atom. The number of hydrogen-bond donors (Lipinski definition) is 2. The van der Waals surface area contributed by atoms with Crippen molar-refractivity contribution < 1.29 is 29.3 Å². The summed E-state index contributed by atoms with van der Waals surface area (Å²) in [5, 5.41) is 18.7. The molecule has 1 heterocycles. The maximum atomic E-state index is 12.2. The lowest BCUT2D eigenvalue weighted by Gasteiger charge is -2.49. The first-order chi connectivity index (χ1) is 11.7. The third-order valence-electron chi connectivity index (χ3n) is 5.54. The number of aliphatic hydroxyl groups is 2. The van der Waals surface area contributed by atoms with E-state index in [1.54, 1.807) is 13.0 Å². The molecule has 1 aliphatic carbocycles. The van der Waals surface area contributed by atoms with Gasteiger partial charge in [0, 0.05) is 11.8 Å². The molecule has 0 bridgehead atoms. The van der Waals surface area contributed by atoms with Crippen molar-refractivity contribution in [1.29, 1.82) is 0 Å². The summed E-state index contributed by atoms with van der Waals surface area (Å²) in [5.41, 5.74) is -0.0583. The molecule has 0 spiro atoms. The van der Waals surface area contributed by atoms with E-state index in [1.165, 1.54) is 0 Å². The summed E-state index contributed by atoms with van der Waals surface area (Å²) in [6, 6.07) is 0. The van der Waals surface area contributed by atoms with Crippen LogP contribution in [0.5, 0.6) is 0 Å². The van der Waals surface area contributed by atoms with Crippen LogP contribution >= 0.6 is 0 Å². The van der Waals surface area contributed by atoms with Gasteiger partial charge in [0.25, 0.3) is 0 Å². The van der Waals surface area contributed by atoms with Crippen molar-refractivity contribution in [3.05, 3.63) is 37.0 Å². The molecular formula is C19H26O6. The van der Waals surface area contributed by atoms with Crippen molar-refractivity contribution in [1.82, 2.24) is 0 Å². The van der Waals surface area contributed by atoms with Crippen LogP contribution in [0, 0.1) is 23.2 Å². The zero-order valence-electron chi connectivity index (χ0n) is 14.7. The number of carbonyl (C=O) groups excluding carboxylic acids is 2. The molecule has 25 heavy (non-hydrogen) atoms. The summed E-state index contributed by atoms with van der Waals surface area (Å²) < 4.78 is 11.2. The van der Waals surface area contributed by atoms with Gasteiger partial charge in [-0.15, -0.1) is 6.58 Å². The molecule has 0 unspecified atom stereocenters. The zero-order valence-corrected chi connectivity index (χ0v) is 14.7. The first kappa shape index (κ1) is 19.4. The van der Waals surface area contributed by atoms with Gasteiger partial charge in [-0.3, -0.25) is 4.79 Å². The molecule has 1 saturated heterocycles. The number of esters is 2. The normalized spacial score (nSPS) is 37.0. The van der Waals surface area contributed by atoms with Crippen molar-refractivity contribution >= 4 is 11.9 Å². The smallest absolute Gasteiger partial charge is 0.336 e. The molecule has 2 fully saturated rings. The van der Waals surface area contributed by atoms with Gasteiger partial charge < -0.3 is 19.7 Å². The highest BCUT2D eigenvalue weighted by atomic mass is 16.6. The van der Waals surface area contributed by atoms with E-state index in [0.29, 0.717) is 12.0 Å². The summed E-state index contributed by atoms with van der Waals surface area (Å²) in [4.78, 5) is 24.3. The zero-order chi connectivity index (χ0) is 18.9. The molecule has 6 nitrogen and oxygen atoms in total. The minimum atomic E-state index is -0.691. The van der Waals surface area contributed by atoms with Gasteiger partial charge in [-0.2, -0.15) is 0 Å². The summed E-state index contributed by atoms with van der Waals surface area (Å²) in [7, 11) is 0. The average molecular weight is 350 g/mol. The van der Waals surface area contributed by atoms with Crippen LogP contribution in [0.4, 0.5) is 0 Å². The van der Waals surface area contributed by atoms with Gasteiger partial charge in [-0.25, -0.2) is 4.79 Å². The third kappa shape index (κ3) is 3.28. The second-order valence-electron chi connectivity index (χ2n) is 7.18. The number of rotatable bonds is 6. The highest BCUT2D eigenvalue weighted by Gasteiger charge is 2.59. The highest BCUT2D eigenvalue weighted by Crippen LogP contribution is 2.53. The van der Waals surface area contributed by atoms with Gasteiger partial charge >= 0.3 is 11.9 Å². The van der Waals surface area contributed by atoms with Gasteiger partial charge in [-0.05, 0) is 17.4 Å². The minimum Gasteiger partial charge on any atom is -0.461 e. The molecule has 138 valence electrons. The van der Waals surface area contributed by atoms with Crippen molar-refractivity contribution in [3.8, 4) is 0 Å². The first-order valence-corrected chi connectivity index (χ1v) is 8.32. The molecule has 2 N–H and O–H groups in total. The first-order valence-electron chi connectivity index (χ1n) is 8.32. The number of hydrogen-bond acceptors (Lipinski definition) is 6. The Hall–Kier alpha value is -1.92. The predicted octanol–water partition coefficient (Wildman–Crippen LogP) is 1.39. The van der Waals surface area contributed by atoms with Crippen molar-refractivity contribution in [2.24, 2.45) is 23.2 Å². The second kappa shape index (κ2) is 7.14. The van der Waals surface area contributed by atoms with E-state index in [2.05, 4.69) is 19.7 Å². The quantitative estimate of drug-likeness (QED) is 0.427. The van der Waals surface area contributed by atoms with Gasteiger partial charge in [0.1, 0.15) is 12.2 Å². The lowest BCUT2D eigenvalue weighted by molar-refractivity contribution is -0.160. The topological polar surface area (TPSA) is 93.1 Å². The van der Waals surface area contributed by atoms with Crippen LogP contribution in [0.2, 0.25) is 0 Å². The van der Waals surface area contributed by atoms with E-state index in [4.69, 9.17) is 14.6 Å². The fourth-order valence-electron chi connectivity index (χ4n) is 4.07. The molecule has 0 amide bonds. The van der Waals surface area contributed by atoms with E-state index in [0.717, 1.165) is 0 Å². The van der Waals surface area contributed by atoms with Gasteiger partial charge in [-0.1, -0.05) is 33.1 Å². The van der Waals surface area contributed by atoms with Crippen LogP contribution in [-0.4, -0.2) is 47.6 Å². The molecule has 0 radical (unpaired) electrons. The molecular weight excluding hydrogens is 324 g/mol. The largest absolute Gasteiger partial charge is 0.461 e. The van der Waals surface area contributed by atoms with Crippen LogP contribution in [0.25, 0.3) is 0 Å². The van der Waals surface area contributed by atoms with E-state index in [9.17, 15) is 14.7 Å². The van der Waals surface area contributed by atoms with Crippen LogP contribution in [-0.2, 0) is 19.1 Å². The number of aliphatic hydroxyl groups excluding tert-OH is 2. The Kier molecular flexibility index (Phi) is 5.54. The maximum Gasteiger partial charge on any atom is 0.336 e. The average Bonchev–Trinajstić information content (AvgIpc) is 2.88. The molecule has 0 aromatic rings. The number of carbonyl (C=O) groups is 2. The number of fused-ring (bicyclic) bond motifs is 1. The molecule has 1 aliphatic heterocycles. The maximum absolute atomic E-state index is 12.2. The molecule has 0 aromatic carbocycles. The summed E-state index contributed by atoms with van der Waals surface area (Å²) >= 11 is 0. The van der Waals surface area contributed by atoms with Gasteiger partial charge in [0.15, 0.2) is 0 Å². The Bertz CT molecular complexity index is 609. The van der Waals surface area contributed by atoms with E-state index >= 15 is 0 Å². The Morgan fingerprint density at radius 1 is 1.40 bits per heavy atom. The van der Waals surface area contributed by atoms with Crippen LogP contribution in [0.15, 0.2) is 37.0 Å². The lowest BCUT2D eigenvalue weighted by Crippen LogP contribution is -2.52. The van der Waals surface area contributed by atoms with Crippen molar-refractivity contribution in [3.63, 3.8) is 0 Å². The molecule has 1 saturated carbocycles. The van der Waals surface area contributed by atoms with E-state index < -0.39 is 36.1 Å². The van der Waals surface area contributed by atoms with Crippen LogP contribution < -0.4 is 0 Å². The standard InChI is InChI=1S/C19H26O6/c1-6-19(5)7-13(24-17(22)11(3)9-21)14-12(4)18(23)25-16(14)15(19)10(2)8-20/h6,12-16,20-21H,1-3,7-9H2,4-5H3/t12-,13-,14+,15+,16-,19+/m0/s1. The summed E-state index contributed by atoms with van der Waals surface area (Å²) in [5.74, 6) is -2.17. The minimum absolute atomic E-state index is 0.0448. The van der Waals surface area contributed by atoms with Gasteiger partial charge in [0.05, 0.1) is 24.7 Å². The monoisotopic (exact) mass is 350 g/mol. The van der Waals surface area contributed by atoms with Crippen molar-refractivity contribution in [2.45, 2.75) is 32.5 Å².